The molecule has 0 bridgehead atoms. The summed E-state index contributed by atoms with van der Waals surface area (Å²) in [4.78, 5) is 7.18. The Morgan fingerprint density at radius 2 is 2.20 bits per heavy atom. The van der Waals surface area contributed by atoms with E-state index in [0.29, 0.717) is 12.5 Å². The van der Waals surface area contributed by atoms with Crippen LogP contribution in [0.15, 0.2) is 4.99 Å². The van der Waals surface area contributed by atoms with E-state index in [0.717, 1.165) is 56.9 Å². The van der Waals surface area contributed by atoms with Crippen LogP contribution in [0.1, 0.15) is 44.8 Å². The smallest absolute Gasteiger partial charge is 0.194 e. The molecule has 2 heterocycles. The van der Waals surface area contributed by atoms with Gasteiger partial charge in [0.1, 0.15) is 12.4 Å². The summed E-state index contributed by atoms with van der Waals surface area (Å²) in [7, 11) is 1.98. The van der Waals surface area contributed by atoms with Gasteiger partial charge in [-0.15, -0.1) is 34.2 Å². The summed E-state index contributed by atoms with van der Waals surface area (Å²) in [6.45, 7) is 11.4. The quantitative estimate of drug-likeness (QED) is 0.291. The summed E-state index contributed by atoms with van der Waals surface area (Å²) >= 11 is 0. The van der Waals surface area contributed by atoms with Crippen molar-refractivity contribution < 1.29 is 4.74 Å². The van der Waals surface area contributed by atoms with Gasteiger partial charge in [-0.1, -0.05) is 6.92 Å². The topological polar surface area (TPSA) is 67.6 Å². The molecule has 25 heavy (non-hydrogen) atoms. The molecule has 0 radical (unpaired) electrons. The predicted molar refractivity (Wildman–Crippen MR) is 111 cm³/mol. The van der Waals surface area contributed by atoms with Crippen molar-refractivity contribution in [1.82, 2.24) is 25.0 Å². The van der Waals surface area contributed by atoms with Crippen molar-refractivity contribution in [3.8, 4) is 0 Å². The second-order valence-corrected chi connectivity index (χ2v) is 6.53. The number of aliphatic imine (C=N–C) groups is 1. The number of guanidine groups is 1. The highest BCUT2D eigenvalue weighted by Crippen LogP contribution is 2.15. The first kappa shape index (κ1) is 22.1. The van der Waals surface area contributed by atoms with Crippen LogP contribution in [-0.4, -0.2) is 58.5 Å². The monoisotopic (exact) mass is 464 g/mol. The van der Waals surface area contributed by atoms with Gasteiger partial charge in [-0.3, -0.25) is 0 Å². The van der Waals surface area contributed by atoms with Crippen molar-refractivity contribution in [3.63, 3.8) is 0 Å². The van der Waals surface area contributed by atoms with Gasteiger partial charge in [-0.2, -0.15) is 0 Å². The van der Waals surface area contributed by atoms with E-state index >= 15 is 0 Å². The summed E-state index contributed by atoms with van der Waals surface area (Å²) in [6.07, 6.45) is 3.51. The molecule has 0 aliphatic carbocycles. The number of hydrogen-bond donors (Lipinski definition) is 1. The molecule has 1 aromatic heterocycles. The highest BCUT2D eigenvalue weighted by atomic mass is 127. The van der Waals surface area contributed by atoms with Gasteiger partial charge < -0.3 is 19.5 Å². The standard InChI is InChI=1S/C17H32N6O.HI/c1-5-24-11-7-9-18-17(23-10-6-8-14(2)13-23)19-12-16-21-20-15(3)22(16)4;/h14H,5-13H2,1-4H3,(H,18,19);1H. The van der Waals surface area contributed by atoms with Crippen LogP contribution in [0.3, 0.4) is 0 Å². The second-order valence-electron chi connectivity index (χ2n) is 6.53. The highest BCUT2D eigenvalue weighted by molar-refractivity contribution is 14.0. The lowest BCUT2D eigenvalue weighted by molar-refractivity contribution is 0.145. The molecule has 144 valence electrons. The fourth-order valence-corrected chi connectivity index (χ4v) is 2.90. The average molecular weight is 464 g/mol. The number of nitrogens with one attached hydrogen (secondary N) is 1. The van der Waals surface area contributed by atoms with Gasteiger partial charge in [-0.25, -0.2) is 4.99 Å². The van der Waals surface area contributed by atoms with Gasteiger partial charge in [0, 0.05) is 39.9 Å². The minimum Gasteiger partial charge on any atom is -0.382 e. The number of aryl methyl sites for hydroxylation is 1. The van der Waals surface area contributed by atoms with Crippen LogP contribution < -0.4 is 5.32 Å². The van der Waals surface area contributed by atoms with Crippen LogP contribution in [0.4, 0.5) is 0 Å². The number of likely N-dealkylation sites (tertiary alicyclic amines) is 1. The summed E-state index contributed by atoms with van der Waals surface area (Å²) in [6, 6.07) is 0. The zero-order valence-corrected chi connectivity index (χ0v) is 18.3. The molecule has 8 heteroatoms. The van der Waals surface area contributed by atoms with E-state index < -0.39 is 0 Å². The van der Waals surface area contributed by atoms with E-state index in [1.807, 2.05) is 25.5 Å². The molecular weight excluding hydrogens is 431 g/mol. The zero-order valence-electron chi connectivity index (χ0n) is 16.0. The largest absolute Gasteiger partial charge is 0.382 e. The SMILES string of the molecule is CCOCCCNC(=NCc1nnc(C)n1C)N1CCCC(C)C1.I. The molecule has 1 aliphatic rings. The molecular formula is C17H33IN6O. The summed E-state index contributed by atoms with van der Waals surface area (Å²) in [5, 5.41) is 11.8. The highest BCUT2D eigenvalue weighted by Gasteiger charge is 2.19. The molecule has 1 aliphatic heterocycles. The Morgan fingerprint density at radius 1 is 1.40 bits per heavy atom. The van der Waals surface area contributed by atoms with Crippen LogP contribution in [0.25, 0.3) is 0 Å². The normalized spacial score (nSPS) is 18.2. The lowest BCUT2D eigenvalue weighted by Gasteiger charge is -2.33. The van der Waals surface area contributed by atoms with Crippen LogP contribution in [0.2, 0.25) is 0 Å². The van der Waals surface area contributed by atoms with E-state index in [4.69, 9.17) is 9.73 Å². The Kier molecular flexibility index (Phi) is 10.3. The van der Waals surface area contributed by atoms with Crippen molar-refractivity contribution in [3.05, 3.63) is 11.6 Å². The predicted octanol–water partition coefficient (Wildman–Crippen LogP) is 2.35. The number of nitrogens with zero attached hydrogens (tertiary/aromatic N) is 5. The van der Waals surface area contributed by atoms with Crippen LogP contribution in [0, 0.1) is 12.8 Å². The Balaban J connectivity index is 0.00000312. The maximum atomic E-state index is 5.41. The van der Waals surface area contributed by atoms with E-state index in [1.54, 1.807) is 0 Å². The molecule has 2 rings (SSSR count). The van der Waals surface area contributed by atoms with Gasteiger partial charge in [0.2, 0.25) is 0 Å². The maximum Gasteiger partial charge on any atom is 0.194 e. The molecule has 0 spiro atoms. The van der Waals surface area contributed by atoms with Gasteiger partial charge in [-0.05, 0) is 39.0 Å². The van der Waals surface area contributed by atoms with Crippen molar-refractivity contribution in [2.24, 2.45) is 18.0 Å². The molecule has 7 nitrogen and oxygen atoms in total. The number of hydrogen-bond acceptors (Lipinski definition) is 4. The first-order chi connectivity index (χ1) is 11.6. The van der Waals surface area contributed by atoms with E-state index in [1.165, 1.54) is 12.8 Å². The lowest BCUT2D eigenvalue weighted by Crippen LogP contribution is -2.46. The van der Waals surface area contributed by atoms with E-state index in [-0.39, 0.29) is 24.0 Å². The minimum absolute atomic E-state index is 0. The third-order valence-electron chi connectivity index (χ3n) is 4.46. The van der Waals surface area contributed by atoms with Crippen molar-refractivity contribution in [1.29, 1.82) is 0 Å². The summed E-state index contributed by atoms with van der Waals surface area (Å²) < 4.78 is 7.41. The third-order valence-corrected chi connectivity index (χ3v) is 4.46. The molecule has 1 saturated heterocycles. The molecule has 0 aromatic carbocycles. The number of halogens is 1. The second kappa shape index (κ2) is 11.7. The number of aromatic nitrogens is 3. The fourth-order valence-electron chi connectivity index (χ4n) is 2.90. The van der Waals surface area contributed by atoms with Crippen LogP contribution in [0.5, 0.6) is 0 Å². The molecule has 0 amide bonds. The van der Waals surface area contributed by atoms with Gasteiger partial charge in [0.25, 0.3) is 0 Å². The minimum atomic E-state index is 0. The van der Waals surface area contributed by atoms with Crippen molar-refractivity contribution >= 4 is 29.9 Å². The molecule has 1 aromatic rings. The third kappa shape index (κ3) is 7.08. The van der Waals surface area contributed by atoms with E-state index in [2.05, 4.69) is 27.3 Å². The first-order valence-electron chi connectivity index (χ1n) is 9.07. The molecule has 0 saturated carbocycles. The molecule has 1 fully saturated rings. The fraction of sp³-hybridized carbons (Fsp3) is 0.824. The van der Waals surface area contributed by atoms with Crippen molar-refractivity contribution in [2.75, 3.05) is 32.8 Å². The van der Waals surface area contributed by atoms with Crippen LogP contribution in [-0.2, 0) is 18.3 Å². The Bertz CT molecular complexity index is 533. The summed E-state index contributed by atoms with van der Waals surface area (Å²) in [5.74, 6) is 3.51. The van der Waals surface area contributed by atoms with Gasteiger partial charge in [0.05, 0.1) is 0 Å². The molecule has 1 atom stereocenters. The number of rotatable bonds is 7. The zero-order chi connectivity index (χ0) is 17.4. The molecule has 1 N–H and O–H groups in total. The Hall–Kier alpha value is -0.900. The maximum absolute atomic E-state index is 5.41. The van der Waals surface area contributed by atoms with Gasteiger partial charge in [0.15, 0.2) is 11.8 Å². The lowest BCUT2D eigenvalue weighted by atomic mass is 10.0. The Labute approximate surface area is 168 Å². The van der Waals surface area contributed by atoms with E-state index in [9.17, 15) is 0 Å². The first-order valence-corrected chi connectivity index (χ1v) is 9.07. The molecule has 1 unspecified atom stereocenters. The average Bonchev–Trinajstić information content (AvgIpc) is 2.89. The Morgan fingerprint density at radius 3 is 2.84 bits per heavy atom. The van der Waals surface area contributed by atoms with Gasteiger partial charge >= 0.3 is 0 Å². The number of piperidine rings is 1. The summed E-state index contributed by atoms with van der Waals surface area (Å²) in [5.41, 5.74) is 0. The van der Waals surface area contributed by atoms with Crippen molar-refractivity contribution in [2.45, 2.75) is 46.6 Å². The van der Waals surface area contributed by atoms with Crippen LogP contribution >= 0.6 is 24.0 Å². The number of ether oxygens (including phenoxy) is 1.